The van der Waals surface area contributed by atoms with Crippen molar-refractivity contribution < 1.29 is 18.8 Å². The Labute approximate surface area is 131 Å². The third-order valence-corrected chi connectivity index (χ3v) is 4.93. The summed E-state index contributed by atoms with van der Waals surface area (Å²) < 4.78 is 17.8. The molecule has 0 bridgehead atoms. The third kappa shape index (κ3) is 2.47. The van der Waals surface area contributed by atoms with Gasteiger partial charge in [-0.2, -0.15) is 0 Å². The zero-order valence-corrected chi connectivity index (χ0v) is 13.8. The summed E-state index contributed by atoms with van der Waals surface area (Å²) in [6.45, 7) is 9.95. The Kier molecular flexibility index (Phi) is 3.63. The van der Waals surface area contributed by atoms with Gasteiger partial charge in [0.15, 0.2) is 0 Å². The Balaban J connectivity index is 1.81. The average molecular weight is 302 g/mol. The summed E-state index contributed by atoms with van der Waals surface area (Å²) in [5.74, 6) is 0.310. The molecule has 1 aliphatic heterocycles. The van der Waals surface area contributed by atoms with Crippen molar-refractivity contribution in [3.05, 3.63) is 36.1 Å². The molecule has 2 atom stereocenters. The molecule has 2 aromatic rings. The lowest BCUT2D eigenvalue weighted by molar-refractivity contribution is 0.00578. The molecule has 22 heavy (non-hydrogen) atoms. The minimum Gasteiger partial charge on any atom is -0.458 e. The fourth-order valence-electron chi connectivity index (χ4n) is 2.66. The number of hydrogen-bond donors (Lipinski definition) is 1. The summed E-state index contributed by atoms with van der Waals surface area (Å²) >= 11 is 0. The molecule has 1 aromatic heterocycles. The lowest BCUT2D eigenvalue weighted by Gasteiger charge is -2.32. The lowest BCUT2D eigenvalue weighted by Crippen LogP contribution is -2.41. The highest BCUT2D eigenvalue weighted by Gasteiger charge is 2.54. The van der Waals surface area contributed by atoms with Crippen molar-refractivity contribution in [2.75, 3.05) is 0 Å². The van der Waals surface area contributed by atoms with Gasteiger partial charge in [0.25, 0.3) is 0 Å². The number of hydrogen-bond acceptors (Lipinski definition) is 4. The quantitative estimate of drug-likeness (QED) is 0.872. The van der Waals surface area contributed by atoms with Crippen LogP contribution in [0.25, 0.3) is 11.0 Å². The van der Waals surface area contributed by atoms with Crippen LogP contribution in [0.3, 0.4) is 0 Å². The van der Waals surface area contributed by atoms with E-state index < -0.39 is 24.4 Å². The Morgan fingerprint density at radius 3 is 2.23 bits per heavy atom. The zero-order valence-electron chi connectivity index (χ0n) is 13.8. The standard InChI is InChI=1S/C17H23BO4/c1-11(18-21-16(2,3)17(4,5)22-18)15(19)14-10-12-8-6-7-9-13(12)20-14/h6-11,15,19H,1-5H3/t11-,15+/m0/s1. The number of rotatable bonds is 3. The van der Waals surface area contributed by atoms with Crippen LogP contribution in [0.1, 0.15) is 46.5 Å². The number of furan rings is 1. The largest absolute Gasteiger partial charge is 0.464 e. The van der Waals surface area contributed by atoms with Gasteiger partial charge in [-0.15, -0.1) is 0 Å². The van der Waals surface area contributed by atoms with Gasteiger partial charge >= 0.3 is 7.12 Å². The highest BCUT2D eigenvalue weighted by Crippen LogP contribution is 2.43. The van der Waals surface area contributed by atoms with E-state index in [2.05, 4.69) is 0 Å². The van der Waals surface area contributed by atoms with Gasteiger partial charge in [0.05, 0.1) is 11.2 Å². The van der Waals surface area contributed by atoms with E-state index in [0.717, 1.165) is 11.0 Å². The van der Waals surface area contributed by atoms with E-state index in [1.165, 1.54) is 0 Å². The highest BCUT2D eigenvalue weighted by atomic mass is 16.7. The van der Waals surface area contributed by atoms with Crippen LogP contribution in [0.5, 0.6) is 0 Å². The molecule has 118 valence electrons. The Hall–Kier alpha value is -1.30. The predicted molar refractivity (Wildman–Crippen MR) is 86.7 cm³/mol. The summed E-state index contributed by atoms with van der Waals surface area (Å²) in [4.78, 5) is 0. The van der Waals surface area contributed by atoms with Crippen molar-refractivity contribution >= 4 is 18.1 Å². The molecular formula is C17H23BO4. The second-order valence-corrected chi connectivity index (χ2v) is 7.12. The molecule has 0 aliphatic carbocycles. The first kappa shape index (κ1) is 15.6. The smallest absolute Gasteiger partial charge is 0.458 e. The van der Waals surface area contributed by atoms with Crippen LogP contribution in [0.4, 0.5) is 0 Å². The minimum absolute atomic E-state index is 0.235. The third-order valence-electron chi connectivity index (χ3n) is 4.93. The van der Waals surface area contributed by atoms with Crippen LogP contribution in [0.2, 0.25) is 5.82 Å². The molecule has 0 saturated carbocycles. The topological polar surface area (TPSA) is 51.8 Å². The maximum atomic E-state index is 10.6. The molecule has 1 aliphatic rings. The predicted octanol–water partition coefficient (Wildman–Crippen LogP) is 3.95. The summed E-state index contributed by atoms with van der Waals surface area (Å²) in [5.41, 5.74) is -0.0309. The maximum Gasteiger partial charge on any atom is 0.464 e. The lowest BCUT2D eigenvalue weighted by atomic mass is 9.69. The Morgan fingerprint density at radius 1 is 1.05 bits per heavy atom. The Morgan fingerprint density at radius 2 is 1.64 bits per heavy atom. The minimum atomic E-state index is -0.776. The van der Waals surface area contributed by atoms with Gasteiger partial charge in [-0.25, -0.2) is 0 Å². The molecule has 0 unspecified atom stereocenters. The number of fused-ring (bicyclic) bond motifs is 1. The fourth-order valence-corrected chi connectivity index (χ4v) is 2.66. The number of benzene rings is 1. The van der Waals surface area contributed by atoms with Crippen molar-refractivity contribution in [3.8, 4) is 0 Å². The van der Waals surface area contributed by atoms with E-state index in [9.17, 15) is 5.11 Å². The maximum absolute atomic E-state index is 10.6. The molecule has 5 heteroatoms. The van der Waals surface area contributed by atoms with Crippen molar-refractivity contribution in [2.45, 2.75) is 57.7 Å². The Bertz CT molecular complexity index is 627. The molecule has 2 heterocycles. The van der Waals surface area contributed by atoms with Gasteiger partial charge in [0.2, 0.25) is 0 Å². The van der Waals surface area contributed by atoms with Gasteiger partial charge in [0, 0.05) is 11.2 Å². The second-order valence-electron chi connectivity index (χ2n) is 7.12. The first-order valence-electron chi connectivity index (χ1n) is 7.73. The summed E-state index contributed by atoms with van der Waals surface area (Å²) in [6, 6.07) is 9.60. The molecule has 0 radical (unpaired) electrons. The normalized spacial score (nSPS) is 22.9. The van der Waals surface area contributed by atoms with Crippen molar-refractivity contribution in [2.24, 2.45) is 0 Å². The zero-order chi connectivity index (χ0) is 16.1. The SMILES string of the molecule is C[C@H](B1OC(C)(C)C(C)(C)O1)[C@@H](O)c1cc2ccccc2o1. The molecule has 1 fully saturated rings. The van der Waals surface area contributed by atoms with E-state index in [-0.39, 0.29) is 5.82 Å². The van der Waals surface area contributed by atoms with Crippen molar-refractivity contribution in [1.82, 2.24) is 0 Å². The molecule has 4 nitrogen and oxygen atoms in total. The van der Waals surface area contributed by atoms with Gasteiger partial charge in [-0.1, -0.05) is 25.1 Å². The molecular weight excluding hydrogens is 279 g/mol. The monoisotopic (exact) mass is 302 g/mol. The van der Waals surface area contributed by atoms with Crippen LogP contribution in [0.15, 0.2) is 34.7 Å². The van der Waals surface area contributed by atoms with Crippen LogP contribution >= 0.6 is 0 Å². The van der Waals surface area contributed by atoms with E-state index in [1.807, 2.05) is 65.0 Å². The average Bonchev–Trinajstić information content (AvgIpc) is 2.96. The highest BCUT2D eigenvalue weighted by molar-refractivity contribution is 6.47. The second kappa shape index (κ2) is 5.12. The summed E-state index contributed by atoms with van der Waals surface area (Å²) in [7, 11) is -0.465. The van der Waals surface area contributed by atoms with Gasteiger partial charge in [-0.3, -0.25) is 0 Å². The molecule has 0 spiro atoms. The molecule has 1 N–H and O–H groups in total. The van der Waals surface area contributed by atoms with Gasteiger partial charge < -0.3 is 18.8 Å². The van der Waals surface area contributed by atoms with Gasteiger partial charge in [-0.05, 0) is 39.8 Å². The molecule has 3 rings (SSSR count). The van der Waals surface area contributed by atoms with Crippen LogP contribution in [0, 0.1) is 0 Å². The van der Waals surface area contributed by atoms with Crippen LogP contribution in [-0.2, 0) is 9.31 Å². The number of aliphatic hydroxyl groups excluding tert-OH is 1. The van der Waals surface area contributed by atoms with Crippen molar-refractivity contribution in [1.29, 1.82) is 0 Å². The molecule has 0 amide bonds. The summed E-state index contributed by atoms with van der Waals surface area (Å²) in [6.07, 6.45) is -0.776. The van der Waals surface area contributed by atoms with E-state index in [0.29, 0.717) is 5.76 Å². The van der Waals surface area contributed by atoms with Crippen LogP contribution in [-0.4, -0.2) is 23.4 Å². The number of aliphatic hydroxyl groups is 1. The van der Waals surface area contributed by atoms with E-state index >= 15 is 0 Å². The summed E-state index contributed by atoms with van der Waals surface area (Å²) in [5, 5.41) is 11.6. The fraction of sp³-hybridized carbons (Fsp3) is 0.529. The number of para-hydroxylation sites is 1. The first-order chi connectivity index (χ1) is 10.2. The molecule has 1 saturated heterocycles. The first-order valence-corrected chi connectivity index (χ1v) is 7.73. The van der Waals surface area contributed by atoms with Gasteiger partial charge in [0.1, 0.15) is 17.4 Å². The molecule has 1 aromatic carbocycles. The van der Waals surface area contributed by atoms with Crippen molar-refractivity contribution in [3.63, 3.8) is 0 Å². The van der Waals surface area contributed by atoms with E-state index in [4.69, 9.17) is 13.7 Å². The van der Waals surface area contributed by atoms with E-state index in [1.54, 1.807) is 0 Å². The van der Waals surface area contributed by atoms with Crippen LogP contribution < -0.4 is 0 Å².